The van der Waals surface area contributed by atoms with Crippen molar-refractivity contribution in [3.8, 4) is 0 Å². The van der Waals surface area contributed by atoms with E-state index >= 15 is 0 Å². The Hall–Kier alpha value is -1.22. The first kappa shape index (κ1) is 12.8. The normalized spacial score (nSPS) is 14.6. The summed E-state index contributed by atoms with van der Waals surface area (Å²) in [7, 11) is 0. The molecule has 0 amide bonds. The van der Waals surface area contributed by atoms with Gasteiger partial charge in [0.25, 0.3) is 0 Å². The number of aryl methyl sites for hydroxylation is 1. The summed E-state index contributed by atoms with van der Waals surface area (Å²) in [6.45, 7) is 5.49. The number of halogens is 1. The summed E-state index contributed by atoms with van der Waals surface area (Å²) in [5.74, 6) is -0.437. The molecule has 0 bridgehead atoms. The summed E-state index contributed by atoms with van der Waals surface area (Å²) in [4.78, 5) is 11.8. The van der Waals surface area contributed by atoms with Crippen LogP contribution in [-0.4, -0.2) is 11.8 Å². The molecule has 3 heteroatoms. The van der Waals surface area contributed by atoms with Crippen molar-refractivity contribution in [2.24, 2.45) is 11.7 Å². The van der Waals surface area contributed by atoms with Gasteiger partial charge in [-0.25, -0.2) is 4.39 Å². The molecule has 0 saturated carbocycles. The van der Waals surface area contributed by atoms with Gasteiger partial charge in [-0.1, -0.05) is 13.0 Å². The molecule has 0 heterocycles. The molecule has 0 aromatic heterocycles. The van der Waals surface area contributed by atoms with Crippen molar-refractivity contribution < 1.29 is 9.18 Å². The first-order valence-electron chi connectivity index (χ1n) is 5.45. The minimum Gasteiger partial charge on any atom is -0.327 e. The number of hydrogen-bond donors (Lipinski definition) is 1. The maximum Gasteiger partial charge on any atom is 0.141 e. The summed E-state index contributed by atoms with van der Waals surface area (Å²) < 4.78 is 13.0. The Balaban J connectivity index is 2.80. The Morgan fingerprint density at radius 1 is 1.44 bits per heavy atom. The van der Waals surface area contributed by atoms with Crippen molar-refractivity contribution >= 4 is 5.78 Å². The van der Waals surface area contributed by atoms with Crippen molar-refractivity contribution in [2.45, 2.75) is 33.2 Å². The first-order chi connectivity index (χ1) is 7.41. The van der Waals surface area contributed by atoms with Crippen LogP contribution in [0.3, 0.4) is 0 Å². The largest absolute Gasteiger partial charge is 0.327 e. The fourth-order valence-corrected chi connectivity index (χ4v) is 1.47. The molecule has 0 aliphatic carbocycles. The molecular weight excluding hydrogens is 205 g/mol. The molecule has 0 fully saturated rings. The fraction of sp³-hybridized carbons (Fsp3) is 0.462. The molecular formula is C13H18FNO. The SMILES string of the molecule is Cc1ccc(F)cc1CC(=O)C(C)C(C)N. The third-order valence-corrected chi connectivity index (χ3v) is 2.97. The Morgan fingerprint density at radius 2 is 2.06 bits per heavy atom. The number of Topliss-reactive ketones (excluding diaryl/α,β-unsaturated/α-hetero) is 1. The number of carbonyl (C=O) groups is 1. The standard InChI is InChI=1S/C13H18FNO/c1-8-4-5-12(14)6-11(8)7-13(16)9(2)10(3)15/h4-6,9-10H,7,15H2,1-3H3. The lowest BCUT2D eigenvalue weighted by Gasteiger charge is -2.14. The van der Waals surface area contributed by atoms with Gasteiger partial charge < -0.3 is 5.73 Å². The van der Waals surface area contributed by atoms with Crippen molar-refractivity contribution in [3.63, 3.8) is 0 Å². The second-order valence-corrected chi connectivity index (χ2v) is 4.36. The summed E-state index contributed by atoms with van der Waals surface area (Å²) in [6.07, 6.45) is 0.256. The van der Waals surface area contributed by atoms with E-state index in [4.69, 9.17) is 5.73 Å². The lowest BCUT2D eigenvalue weighted by molar-refractivity contribution is -0.122. The number of carbonyl (C=O) groups excluding carboxylic acids is 1. The van der Waals surface area contributed by atoms with E-state index in [1.54, 1.807) is 13.0 Å². The zero-order chi connectivity index (χ0) is 12.3. The lowest BCUT2D eigenvalue weighted by atomic mass is 9.93. The Morgan fingerprint density at radius 3 is 2.62 bits per heavy atom. The highest BCUT2D eigenvalue weighted by Gasteiger charge is 2.18. The van der Waals surface area contributed by atoms with Gasteiger partial charge in [0.2, 0.25) is 0 Å². The van der Waals surface area contributed by atoms with Crippen LogP contribution in [0.2, 0.25) is 0 Å². The van der Waals surface area contributed by atoms with E-state index in [9.17, 15) is 9.18 Å². The van der Waals surface area contributed by atoms with Crippen LogP contribution in [0.15, 0.2) is 18.2 Å². The summed E-state index contributed by atoms with van der Waals surface area (Å²) in [5.41, 5.74) is 7.35. The third-order valence-electron chi connectivity index (χ3n) is 2.97. The molecule has 2 N–H and O–H groups in total. The van der Waals surface area contributed by atoms with Crippen molar-refractivity contribution in [1.82, 2.24) is 0 Å². The van der Waals surface area contributed by atoms with Gasteiger partial charge >= 0.3 is 0 Å². The summed E-state index contributed by atoms with van der Waals surface area (Å²) >= 11 is 0. The van der Waals surface area contributed by atoms with Gasteiger partial charge in [0, 0.05) is 18.4 Å². The van der Waals surface area contributed by atoms with Gasteiger partial charge in [-0.05, 0) is 37.1 Å². The molecule has 2 nitrogen and oxygen atoms in total. The molecule has 0 aliphatic rings. The van der Waals surface area contributed by atoms with Crippen molar-refractivity contribution in [2.75, 3.05) is 0 Å². The van der Waals surface area contributed by atoms with E-state index < -0.39 is 0 Å². The minimum atomic E-state index is -0.304. The highest BCUT2D eigenvalue weighted by Crippen LogP contribution is 2.14. The van der Waals surface area contributed by atoms with E-state index in [1.807, 2.05) is 13.8 Å². The molecule has 2 unspecified atom stereocenters. The van der Waals surface area contributed by atoms with Gasteiger partial charge in [-0.2, -0.15) is 0 Å². The Labute approximate surface area is 95.7 Å². The topological polar surface area (TPSA) is 43.1 Å². The van der Waals surface area contributed by atoms with Crippen LogP contribution in [0.1, 0.15) is 25.0 Å². The smallest absolute Gasteiger partial charge is 0.141 e. The average molecular weight is 223 g/mol. The second-order valence-electron chi connectivity index (χ2n) is 4.36. The van der Waals surface area contributed by atoms with Crippen LogP contribution in [0, 0.1) is 18.7 Å². The van der Waals surface area contributed by atoms with Gasteiger partial charge in [-0.3, -0.25) is 4.79 Å². The van der Waals surface area contributed by atoms with E-state index in [2.05, 4.69) is 0 Å². The number of ketones is 1. The van der Waals surface area contributed by atoms with Gasteiger partial charge in [0.15, 0.2) is 0 Å². The maximum absolute atomic E-state index is 13.0. The Bertz CT molecular complexity index is 388. The van der Waals surface area contributed by atoms with E-state index in [-0.39, 0.29) is 30.0 Å². The Kier molecular flexibility index (Phi) is 4.19. The van der Waals surface area contributed by atoms with Crippen molar-refractivity contribution in [1.29, 1.82) is 0 Å². The van der Waals surface area contributed by atoms with Crippen LogP contribution >= 0.6 is 0 Å². The highest BCUT2D eigenvalue weighted by molar-refractivity contribution is 5.83. The number of rotatable bonds is 4. The molecule has 1 aromatic carbocycles. The maximum atomic E-state index is 13.0. The molecule has 16 heavy (non-hydrogen) atoms. The molecule has 0 saturated heterocycles. The molecule has 1 rings (SSSR count). The van der Waals surface area contributed by atoms with Gasteiger partial charge in [-0.15, -0.1) is 0 Å². The predicted molar refractivity (Wildman–Crippen MR) is 62.7 cm³/mol. The molecule has 0 radical (unpaired) electrons. The monoisotopic (exact) mass is 223 g/mol. The second kappa shape index (κ2) is 5.21. The van der Waals surface area contributed by atoms with Crippen molar-refractivity contribution in [3.05, 3.63) is 35.1 Å². The summed E-state index contributed by atoms with van der Waals surface area (Å²) in [6, 6.07) is 4.34. The molecule has 88 valence electrons. The van der Waals surface area contributed by atoms with Crippen LogP contribution in [0.5, 0.6) is 0 Å². The first-order valence-corrected chi connectivity index (χ1v) is 5.45. The van der Waals surface area contributed by atoms with E-state index in [0.717, 1.165) is 11.1 Å². The molecule has 0 spiro atoms. The van der Waals surface area contributed by atoms with Crippen LogP contribution in [0.4, 0.5) is 4.39 Å². The quantitative estimate of drug-likeness (QED) is 0.850. The van der Waals surface area contributed by atoms with E-state index in [0.29, 0.717) is 0 Å². The molecule has 0 aliphatic heterocycles. The predicted octanol–water partition coefficient (Wildman–Crippen LogP) is 2.23. The van der Waals surface area contributed by atoms with Gasteiger partial charge in [0.1, 0.15) is 11.6 Å². The molecule has 2 atom stereocenters. The zero-order valence-electron chi connectivity index (χ0n) is 9.96. The lowest BCUT2D eigenvalue weighted by Crippen LogP contribution is -2.31. The number of hydrogen-bond acceptors (Lipinski definition) is 2. The number of nitrogens with two attached hydrogens (primary N) is 1. The molecule has 1 aromatic rings. The third kappa shape index (κ3) is 3.14. The van der Waals surface area contributed by atoms with Crippen LogP contribution in [0.25, 0.3) is 0 Å². The summed E-state index contributed by atoms with van der Waals surface area (Å²) in [5, 5.41) is 0. The van der Waals surface area contributed by atoms with E-state index in [1.165, 1.54) is 12.1 Å². The highest BCUT2D eigenvalue weighted by atomic mass is 19.1. The minimum absolute atomic E-state index is 0.0590. The number of benzene rings is 1. The average Bonchev–Trinajstić information content (AvgIpc) is 2.22. The van der Waals surface area contributed by atoms with Crippen LogP contribution in [-0.2, 0) is 11.2 Å². The van der Waals surface area contributed by atoms with Crippen LogP contribution < -0.4 is 5.73 Å². The zero-order valence-corrected chi connectivity index (χ0v) is 9.96. The fourth-order valence-electron chi connectivity index (χ4n) is 1.47. The van der Waals surface area contributed by atoms with Gasteiger partial charge in [0.05, 0.1) is 0 Å².